The first-order valence-electron chi connectivity index (χ1n) is 7.08. The second kappa shape index (κ2) is 7.35. The minimum atomic E-state index is -0.990. The lowest BCUT2D eigenvalue weighted by molar-refractivity contribution is -0.132. The Labute approximate surface area is 134 Å². The van der Waals surface area contributed by atoms with Crippen molar-refractivity contribution in [1.29, 1.82) is 0 Å². The molecule has 5 nitrogen and oxygen atoms in total. The van der Waals surface area contributed by atoms with Gasteiger partial charge in [-0.15, -0.1) is 0 Å². The molecule has 2 aromatic rings. The SMILES string of the molecule is COc1cc(C=C(CCc2ccc(O)cc2)C(=O)O)ccc1O. The van der Waals surface area contributed by atoms with Crippen molar-refractivity contribution in [1.82, 2.24) is 0 Å². The summed E-state index contributed by atoms with van der Waals surface area (Å²) in [5.74, 6) is -0.512. The minimum Gasteiger partial charge on any atom is -0.508 e. The second-order valence-corrected chi connectivity index (χ2v) is 5.07. The molecule has 0 saturated carbocycles. The highest BCUT2D eigenvalue weighted by Crippen LogP contribution is 2.27. The van der Waals surface area contributed by atoms with E-state index in [-0.39, 0.29) is 17.1 Å². The molecule has 0 amide bonds. The first-order chi connectivity index (χ1) is 11.0. The number of hydrogen-bond donors (Lipinski definition) is 3. The van der Waals surface area contributed by atoms with Crippen molar-refractivity contribution in [3.05, 3.63) is 59.2 Å². The third-order valence-corrected chi connectivity index (χ3v) is 3.44. The molecule has 120 valence electrons. The van der Waals surface area contributed by atoms with Crippen molar-refractivity contribution in [3.63, 3.8) is 0 Å². The monoisotopic (exact) mass is 314 g/mol. The Balaban J connectivity index is 2.17. The summed E-state index contributed by atoms with van der Waals surface area (Å²) in [6, 6.07) is 11.3. The number of methoxy groups -OCH3 is 1. The summed E-state index contributed by atoms with van der Waals surface area (Å²) in [7, 11) is 1.44. The Bertz CT molecular complexity index is 717. The molecule has 0 heterocycles. The van der Waals surface area contributed by atoms with E-state index in [0.29, 0.717) is 24.2 Å². The van der Waals surface area contributed by atoms with Crippen molar-refractivity contribution in [2.45, 2.75) is 12.8 Å². The van der Waals surface area contributed by atoms with Crippen LogP contribution >= 0.6 is 0 Å². The Hall–Kier alpha value is -2.95. The molecule has 23 heavy (non-hydrogen) atoms. The van der Waals surface area contributed by atoms with Gasteiger partial charge in [-0.2, -0.15) is 0 Å². The fourth-order valence-electron chi connectivity index (χ4n) is 2.17. The average molecular weight is 314 g/mol. The van der Waals surface area contributed by atoms with E-state index in [1.165, 1.54) is 13.2 Å². The summed E-state index contributed by atoms with van der Waals surface area (Å²) in [4.78, 5) is 11.4. The van der Waals surface area contributed by atoms with Crippen LogP contribution in [-0.4, -0.2) is 28.4 Å². The molecule has 0 unspecified atom stereocenters. The number of phenols is 2. The molecule has 0 fully saturated rings. The number of aryl methyl sites for hydroxylation is 1. The van der Waals surface area contributed by atoms with Crippen molar-refractivity contribution in [2.24, 2.45) is 0 Å². The number of carboxylic acid groups (broad SMARTS) is 1. The predicted molar refractivity (Wildman–Crippen MR) is 86.7 cm³/mol. The molecule has 2 rings (SSSR count). The van der Waals surface area contributed by atoms with Crippen LogP contribution in [0.3, 0.4) is 0 Å². The molecule has 0 aliphatic rings. The van der Waals surface area contributed by atoms with E-state index < -0.39 is 5.97 Å². The molecule has 0 atom stereocenters. The number of aliphatic carboxylic acids is 1. The summed E-state index contributed by atoms with van der Waals surface area (Å²) in [5.41, 5.74) is 1.84. The van der Waals surface area contributed by atoms with Gasteiger partial charge in [0.2, 0.25) is 0 Å². The third kappa shape index (κ3) is 4.51. The Morgan fingerprint density at radius 1 is 1.13 bits per heavy atom. The van der Waals surface area contributed by atoms with Crippen LogP contribution < -0.4 is 4.74 Å². The molecule has 0 bridgehead atoms. The first kappa shape index (κ1) is 16.4. The van der Waals surface area contributed by atoms with E-state index in [1.54, 1.807) is 42.5 Å². The van der Waals surface area contributed by atoms with Gasteiger partial charge in [-0.1, -0.05) is 18.2 Å². The Morgan fingerprint density at radius 2 is 1.83 bits per heavy atom. The Morgan fingerprint density at radius 3 is 2.43 bits per heavy atom. The zero-order valence-corrected chi connectivity index (χ0v) is 12.7. The third-order valence-electron chi connectivity index (χ3n) is 3.44. The van der Waals surface area contributed by atoms with Gasteiger partial charge in [0.05, 0.1) is 7.11 Å². The van der Waals surface area contributed by atoms with Gasteiger partial charge in [-0.25, -0.2) is 4.79 Å². The number of phenolic OH excluding ortho intramolecular Hbond substituents is 2. The first-order valence-corrected chi connectivity index (χ1v) is 7.08. The van der Waals surface area contributed by atoms with Crippen LogP contribution in [0.1, 0.15) is 17.5 Å². The summed E-state index contributed by atoms with van der Waals surface area (Å²) < 4.78 is 5.02. The number of benzene rings is 2. The number of carboxylic acids is 1. The van der Waals surface area contributed by atoms with Crippen LogP contribution in [0, 0.1) is 0 Å². The highest BCUT2D eigenvalue weighted by molar-refractivity contribution is 5.92. The van der Waals surface area contributed by atoms with Crippen LogP contribution in [0.15, 0.2) is 48.0 Å². The molecule has 3 N–H and O–H groups in total. The van der Waals surface area contributed by atoms with Crippen LogP contribution in [0.4, 0.5) is 0 Å². The minimum absolute atomic E-state index is 0.00520. The summed E-state index contributed by atoms with van der Waals surface area (Å²) >= 11 is 0. The van der Waals surface area contributed by atoms with E-state index in [1.807, 2.05) is 0 Å². The summed E-state index contributed by atoms with van der Waals surface area (Å²) in [6.07, 6.45) is 2.46. The number of hydrogen-bond acceptors (Lipinski definition) is 4. The lowest BCUT2D eigenvalue weighted by Crippen LogP contribution is -2.02. The van der Waals surface area contributed by atoms with Gasteiger partial charge in [0.1, 0.15) is 5.75 Å². The normalized spacial score (nSPS) is 11.3. The highest BCUT2D eigenvalue weighted by atomic mass is 16.5. The molecular weight excluding hydrogens is 296 g/mol. The molecule has 0 spiro atoms. The topological polar surface area (TPSA) is 87.0 Å². The number of rotatable bonds is 6. The van der Waals surface area contributed by atoms with E-state index >= 15 is 0 Å². The van der Waals surface area contributed by atoms with Crippen molar-refractivity contribution in [2.75, 3.05) is 7.11 Å². The summed E-state index contributed by atoms with van der Waals surface area (Å²) in [6.45, 7) is 0. The molecule has 0 aliphatic carbocycles. The van der Waals surface area contributed by atoms with E-state index in [0.717, 1.165) is 5.56 Å². The molecule has 0 saturated heterocycles. The zero-order chi connectivity index (χ0) is 16.8. The molecular formula is C18H18O5. The van der Waals surface area contributed by atoms with Gasteiger partial charge < -0.3 is 20.1 Å². The maximum Gasteiger partial charge on any atom is 0.331 e. The van der Waals surface area contributed by atoms with Crippen molar-refractivity contribution >= 4 is 12.0 Å². The largest absolute Gasteiger partial charge is 0.508 e. The van der Waals surface area contributed by atoms with Gasteiger partial charge in [-0.3, -0.25) is 0 Å². The average Bonchev–Trinajstić information content (AvgIpc) is 2.54. The van der Waals surface area contributed by atoms with Crippen LogP contribution in [0.25, 0.3) is 6.08 Å². The summed E-state index contributed by atoms with van der Waals surface area (Å²) in [5, 5.41) is 28.2. The highest BCUT2D eigenvalue weighted by Gasteiger charge is 2.09. The fraction of sp³-hybridized carbons (Fsp3) is 0.167. The van der Waals surface area contributed by atoms with Crippen molar-refractivity contribution < 1.29 is 24.9 Å². The molecule has 0 aromatic heterocycles. The van der Waals surface area contributed by atoms with Crippen molar-refractivity contribution in [3.8, 4) is 17.2 Å². The second-order valence-electron chi connectivity index (χ2n) is 5.07. The van der Waals surface area contributed by atoms with Crippen LogP contribution in [-0.2, 0) is 11.2 Å². The lowest BCUT2D eigenvalue weighted by Gasteiger charge is -2.06. The maximum absolute atomic E-state index is 11.4. The molecule has 2 aromatic carbocycles. The van der Waals surface area contributed by atoms with Gasteiger partial charge in [-0.05, 0) is 54.3 Å². The standard InChI is InChI=1S/C18H18O5/c1-23-17-11-13(5-9-16(17)20)10-14(18(21)22)6-2-12-3-7-15(19)8-4-12/h3-5,7-11,19-20H,2,6H2,1H3,(H,21,22). The Kier molecular flexibility index (Phi) is 5.25. The van der Waals surface area contributed by atoms with Gasteiger partial charge in [0, 0.05) is 5.57 Å². The number of ether oxygens (including phenoxy) is 1. The van der Waals surface area contributed by atoms with Crippen LogP contribution in [0.5, 0.6) is 17.2 Å². The molecule has 5 heteroatoms. The zero-order valence-electron chi connectivity index (χ0n) is 12.7. The van der Waals surface area contributed by atoms with Gasteiger partial charge in [0.25, 0.3) is 0 Å². The van der Waals surface area contributed by atoms with E-state index in [2.05, 4.69) is 0 Å². The lowest BCUT2D eigenvalue weighted by atomic mass is 10.0. The molecule has 0 aliphatic heterocycles. The predicted octanol–water partition coefficient (Wildman–Crippen LogP) is 3.21. The number of aromatic hydroxyl groups is 2. The fourth-order valence-corrected chi connectivity index (χ4v) is 2.17. The quantitative estimate of drug-likeness (QED) is 0.713. The van der Waals surface area contributed by atoms with E-state index in [4.69, 9.17) is 4.74 Å². The maximum atomic E-state index is 11.4. The van der Waals surface area contributed by atoms with Gasteiger partial charge >= 0.3 is 5.97 Å². The molecule has 0 radical (unpaired) electrons. The van der Waals surface area contributed by atoms with E-state index in [9.17, 15) is 20.1 Å². The van der Waals surface area contributed by atoms with Crippen LogP contribution in [0.2, 0.25) is 0 Å². The smallest absolute Gasteiger partial charge is 0.331 e. The van der Waals surface area contributed by atoms with Gasteiger partial charge in [0.15, 0.2) is 11.5 Å². The number of carbonyl (C=O) groups is 1.